The zero-order chi connectivity index (χ0) is 13.2. The maximum atomic E-state index is 3.48. The fraction of sp³-hybridized carbons (Fsp3) is 0.647. The van der Waals surface area contributed by atoms with Gasteiger partial charge in [-0.15, -0.1) is 0 Å². The van der Waals surface area contributed by atoms with E-state index in [1.54, 1.807) is 0 Å². The zero-order valence-corrected chi connectivity index (χ0v) is 13.5. The molecule has 0 amide bonds. The second-order valence-electron chi connectivity index (χ2n) is 5.62. The number of alkyl halides is 1. The van der Waals surface area contributed by atoms with Crippen molar-refractivity contribution >= 4 is 15.9 Å². The fourth-order valence-electron chi connectivity index (χ4n) is 2.27. The van der Waals surface area contributed by atoms with Crippen LogP contribution in [0.2, 0.25) is 0 Å². The quantitative estimate of drug-likeness (QED) is 0.401. The molecule has 0 heterocycles. The van der Waals surface area contributed by atoms with Crippen LogP contribution in [0.5, 0.6) is 0 Å². The fourth-order valence-corrected chi connectivity index (χ4v) is 2.66. The van der Waals surface area contributed by atoms with E-state index < -0.39 is 0 Å². The van der Waals surface area contributed by atoms with E-state index in [-0.39, 0.29) is 0 Å². The van der Waals surface area contributed by atoms with Crippen LogP contribution in [0.3, 0.4) is 0 Å². The monoisotopic (exact) mass is 310 g/mol. The minimum Gasteiger partial charge on any atom is -0.0928 e. The molecule has 0 radical (unpaired) electrons. The number of hydrogen-bond acceptors (Lipinski definition) is 0. The molecule has 1 rings (SSSR count). The van der Waals surface area contributed by atoms with E-state index in [9.17, 15) is 0 Å². The first-order valence-corrected chi connectivity index (χ1v) is 8.48. The normalized spacial score (nSPS) is 11.1. The van der Waals surface area contributed by atoms with Gasteiger partial charge in [0.15, 0.2) is 0 Å². The van der Waals surface area contributed by atoms with Crippen LogP contribution >= 0.6 is 15.9 Å². The molecule has 0 aliphatic heterocycles. The predicted octanol–water partition coefficient (Wildman–Crippen LogP) is 5.77. The third-order valence-electron chi connectivity index (χ3n) is 3.27. The Morgan fingerprint density at radius 2 is 1.39 bits per heavy atom. The Balaban J connectivity index is 2.18. The first-order chi connectivity index (χ1) is 8.72. The highest BCUT2D eigenvalue weighted by molar-refractivity contribution is 9.09. The van der Waals surface area contributed by atoms with Crippen molar-refractivity contribution in [3.05, 3.63) is 35.4 Å². The lowest BCUT2D eigenvalue weighted by Gasteiger charge is -2.06. The molecular weight excluding hydrogens is 284 g/mol. The molecule has 0 atom stereocenters. The van der Waals surface area contributed by atoms with Gasteiger partial charge in [-0.2, -0.15) is 0 Å². The molecule has 102 valence electrons. The van der Waals surface area contributed by atoms with E-state index in [0.717, 1.165) is 11.2 Å². The number of hydrogen-bond donors (Lipinski definition) is 0. The van der Waals surface area contributed by atoms with E-state index >= 15 is 0 Å². The summed E-state index contributed by atoms with van der Waals surface area (Å²) in [6, 6.07) is 9.24. The first-order valence-electron chi connectivity index (χ1n) is 7.36. The summed E-state index contributed by atoms with van der Waals surface area (Å²) in [6.07, 6.45) is 9.25. The van der Waals surface area contributed by atoms with Gasteiger partial charge in [0.25, 0.3) is 0 Å². The molecule has 1 aromatic carbocycles. The third-order valence-corrected chi connectivity index (χ3v) is 3.83. The molecule has 0 N–H and O–H groups in total. The van der Waals surface area contributed by atoms with Gasteiger partial charge in [0.2, 0.25) is 0 Å². The molecule has 1 aromatic rings. The van der Waals surface area contributed by atoms with Gasteiger partial charge < -0.3 is 0 Å². The minimum absolute atomic E-state index is 0.755. The lowest BCUT2D eigenvalue weighted by Crippen LogP contribution is -1.94. The van der Waals surface area contributed by atoms with Crippen LogP contribution in [-0.2, 0) is 12.8 Å². The Morgan fingerprint density at radius 3 is 2.00 bits per heavy atom. The molecule has 0 saturated carbocycles. The van der Waals surface area contributed by atoms with Crippen LogP contribution in [0.15, 0.2) is 24.3 Å². The summed E-state index contributed by atoms with van der Waals surface area (Å²) in [5.74, 6) is 0.755. The Hall–Kier alpha value is -0.300. The molecule has 0 aliphatic rings. The molecule has 0 spiro atoms. The molecule has 0 aromatic heterocycles. The highest BCUT2D eigenvalue weighted by Crippen LogP contribution is 2.13. The summed E-state index contributed by atoms with van der Waals surface area (Å²) < 4.78 is 0. The number of aryl methyl sites for hydroxylation is 1. The molecule has 0 saturated heterocycles. The van der Waals surface area contributed by atoms with Crippen LogP contribution < -0.4 is 0 Å². The summed E-state index contributed by atoms with van der Waals surface area (Å²) in [7, 11) is 0. The molecule has 0 unspecified atom stereocenters. The Labute approximate surface area is 121 Å². The van der Waals surface area contributed by atoms with Gasteiger partial charge in [-0.25, -0.2) is 0 Å². The summed E-state index contributed by atoms with van der Waals surface area (Å²) in [6.45, 7) is 4.56. The molecular formula is C17H27Br. The van der Waals surface area contributed by atoms with Crippen LogP contribution in [-0.4, -0.2) is 5.33 Å². The van der Waals surface area contributed by atoms with Crippen LogP contribution in [0.25, 0.3) is 0 Å². The van der Waals surface area contributed by atoms with Crippen molar-refractivity contribution in [1.82, 2.24) is 0 Å². The third kappa shape index (κ3) is 7.20. The maximum absolute atomic E-state index is 3.48. The van der Waals surface area contributed by atoms with Gasteiger partial charge in [0.1, 0.15) is 0 Å². The van der Waals surface area contributed by atoms with Crippen molar-refractivity contribution in [1.29, 1.82) is 0 Å². The van der Waals surface area contributed by atoms with Gasteiger partial charge in [0.05, 0.1) is 0 Å². The molecule has 0 bridgehead atoms. The molecule has 0 fully saturated rings. The summed E-state index contributed by atoms with van der Waals surface area (Å²) in [4.78, 5) is 0. The highest BCUT2D eigenvalue weighted by atomic mass is 79.9. The molecule has 0 nitrogen and oxygen atoms in total. The van der Waals surface area contributed by atoms with Crippen LogP contribution in [0.1, 0.15) is 57.1 Å². The predicted molar refractivity (Wildman–Crippen MR) is 85.6 cm³/mol. The largest absolute Gasteiger partial charge is 0.0928 e. The van der Waals surface area contributed by atoms with Crippen molar-refractivity contribution in [2.75, 3.05) is 5.33 Å². The van der Waals surface area contributed by atoms with Crippen molar-refractivity contribution in [2.45, 2.75) is 58.8 Å². The zero-order valence-electron chi connectivity index (χ0n) is 11.9. The van der Waals surface area contributed by atoms with Gasteiger partial charge in [-0.3, -0.25) is 0 Å². The average Bonchev–Trinajstić information content (AvgIpc) is 2.35. The lowest BCUT2D eigenvalue weighted by molar-refractivity contribution is 0.634. The summed E-state index contributed by atoms with van der Waals surface area (Å²) in [5.41, 5.74) is 2.98. The Morgan fingerprint density at radius 1 is 0.833 bits per heavy atom. The smallest absolute Gasteiger partial charge is 0.00313 e. The highest BCUT2D eigenvalue weighted by Gasteiger charge is 1.98. The summed E-state index contributed by atoms with van der Waals surface area (Å²) in [5, 5.41) is 1.16. The Bertz CT molecular complexity index is 300. The SMILES string of the molecule is CC(C)Cc1ccc(CCCCCCCBr)cc1. The molecule has 0 aliphatic carbocycles. The Kier molecular flexibility index (Phi) is 8.41. The van der Waals surface area contributed by atoms with E-state index in [1.165, 1.54) is 56.1 Å². The maximum Gasteiger partial charge on any atom is 0.00313 e. The van der Waals surface area contributed by atoms with E-state index in [1.807, 2.05) is 0 Å². The van der Waals surface area contributed by atoms with E-state index in [4.69, 9.17) is 0 Å². The topological polar surface area (TPSA) is 0 Å². The standard InChI is InChI=1S/C17H27Br/c1-15(2)14-17-11-9-16(10-12-17)8-6-4-3-5-7-13-18/h9-12,15H,3-8,13-14H2,1-2H3. The van der Waals surface area contributed by atoms with Gasteiger partial charge in [-0.05, 0) is 42.7 Å². The van der Waals surface area contributed by atoms with Gasteiger partial charge >= 0.3 is 0 Å². The number of halogens is 1. The van der Waals surface area contributed by atoms with Crippen molar-refractivity contribution in [3.8, 4) is 0 Å². The molecule has 18 heavy (non-hydrogen) atoms. The number of benzene rings is 1. The lowest BCUT2D eigenvalue weighted by atomic mass is 10.00. The van der Waals surface area contributed by atoms with Crippen LogP contribution in [0.4, 0.5) is 0 Å². The number of unbranched alkanes of at least 4 members (excludes halogenated alkanes) is 4. The summed E-state index contributed by atoms with van der Waals surface area (Å²) >= 11 is 3.48. The first kappa shape index (κ1) is 15.8. The van der Waals surface area contributed by atoms with Gasteiger partial charge in [0, 0.05) is 5.33 Å². The second kappa shape index (κ2) is 9.61. The number of rotatable bonds is 9. The van der Waals surface area contributed by atoms with Gasteiger partial charge in [-0.1, -0.05) is 73.3 Å². The van der Waals surface area contributed by atoms with E-state index in [0.29, 0.717) is 0 Å². The van der Waals surface area contributed by atoms with E-state index in [2.05, 4.69) is 54.0 Å². The average molecular weight is 311 g/mol. The minimum atomic E-state index is 0.755. The van der Waals surface area contributed by atoms with Crippen molar-refractivity contribution < 1.29 is 0 Å². The van der Waals surface area contributed by atoms with Crippen molar-refractivity contribution in [2.24, 2.45) is 5.92 Å². The second-order valence-corrected chi connectivity index (χ2v) is 6.41. The van der Waals surface area contributed by atoms with Crippen LogP contribution in [0, 0.1) is 5.92 Å². The molecule has 1 heteroatoms. The van der Waals surface area contributed by atoms with Crippen molar-refractivity contribution in [3.63, 3.8) is 0 Å².